The lowest BCUT2D eigenvalue weighted by atomic mass is 10.1. The molecule has 0 aliphatic rings. The maximum atomic E-state index is 11.8. The van der Waals surface area contributed by atoms with Crippen LogP contribution in [0.2, 0.25) is 0 Å². The summed E-state index contributed by atoms with van der Waals surface area (Å²) in [6.45, 7) is 0.257. The zero-order valence-corrected chi connectivity index (χ0v) is 23.4. The summed E-state index contributed by atoms with van der Waals surface area (Å²) >= 11 is 0. The van der Waals surface area contributed by atoms with Gasteiger partial charge in [0.25, 0.3) is 0 Å². The standard InChI is InChI=1S/C28H34O14/c1-33-23-15-11-13-21(19-23)25(29)37-41-39-27(31)35-17-9-7-5-3-4-6-8-10-18-36-28(32)40-42-38-26(30)22-14-12-16-24(20-22)34-2/h11-16,19-20H,3-10,17-18H2,1-2H3. The Morgan fingerprint density at radius 3 is 1.29 bits per heavy atom. The van der Waals surface area contributed by atoms with E-state index in [1.165, 1.54) is 38.5 Å². The molecule has 0 saturated carbocycles. The highest BCUT2D eigenvalue weighted by Gasteiger charge is 2.14. The predicted octanol–water partition coefficient (Wildman–Crippen LogP) is 5.84. The average Bonchev–Trinajstić information content (AvgIpc) is 3.01. The number of benzene rings is 2. The second-order valence-electron chi connectivity index (χ2n) is 8.53. The molecular formula is C28H34O14. The van der Waals surface area contributed by atoms with Crippen molar-refractivity contribution in [3.8, 4) is 11.5 Å². The summed E-state index contributed by atoms with van der Waals surface area (Å²) in [5.74, 6) is -0.828. The van der Waals surface area contributed by atoms with Crippen molar-refractivity contribution >= 4 is 24.2 Å². The number of carbonyl (C=O) groups is 4. The Kier molecular flexibility index (Phi) is 16.3. The molecule has 0 unspecified atom stereocenters. The Balaban J connectivity index is 1.35. The van der Waals surface area contributed by atoms with Gasteiger partial charge in [-0.1, -0.05) is 50.7 Å². The van der Waals surface area contributed by atoms with Crippen molar-refractivity contribution in [3.05, 3.63) is 59.7 Å². The molecule has 0 radical (unpaired) electrons. The maximum Gasteiger partial charge on any atom is 0.543 e. The van der Waals surface area contributed by atoms with E-state index in [9.17, 15) is 19.2 Å². The van der Waals surface area contributed by atoms with Gasteiger partial charge in [0.05, 0.1) is 48.6 Å². The van der Waals surface area contributed by atoms with Crippen molar-refractivity contribution in [1.82, 2.24) is 0 Å². The van der Waals surface area contributed by atoms with Gasteiger partial charge in [0, 0.05) is 0 Å². The summed E-state index contributed by atoms with van der Waals surface area (Å²) in [5.41, 5.74) is 0.301. The number of unbranched alkanes of at least 4 members (excludes halogenated alkanes) is 7. The van der Waals surface area contributed by atoms with Gasteiger partial charge in [-0.05, 0) is 49.2 Å². The van der Waals surface area contributed by atoms with Gasteiger partial charge >= 0.3 is 24.2 Å². The van der Waals surface area contributed by atoms with Crippen LogP contribution in [0.3, 0.4) is 0 Å². The molecule has 2 rings (SSSR count). The van der Waals surface area contributed by atoms with E-state index in [2.05, 4.69) is 29.6 Å². The Morgan fingerprint density at radius 2 is 0.905 bits per heavy atom. The number of hydrogen-bond acceptors (Lipinski definition) is 14. The third-order valence-electron chi connectivity index (χ3n) is 5.51. The van der Waals surface area contributed by atoms with Crippen LogP contribution in [-0.4, -0.2) is 51.7 Å². The van der Waals surface area contributed by atoms with Crippen LogP contribution in [-0.2, 0) is 39.1 Å². The number of ether oxygens (including phenoxy) is 4. The van der Waals surface area contributed by atoms with Gasteiger partial charge < -0.3 is 18.9 Å². The van der Waals surface area contributed by atoms with E-state index in [4.69, 9.17) is 18.9 Å². The van der Waals surface area contributed by atoms with E-state index >= 15 is 0 Å². The molecule has 0 saturated heterocycles. The number of hydrogen-bond donors (Lipinski definition) is 0. The first kappa shape index (κ1) is 33.6. The molecule has 0 N–H and O–H groups in total. The first-order valence-electron chi connectivity index (χ1n) is 13.2. The molecule has 0 amide bonds. The Bertz CT molecular complexity index is 1030. The van der Waals surface area contributed by atoms with Crippen LogP contribution in [0.1, 0.15) is 72.1 Å². The van der Waals surface area contributed by atoms with E-state index in [-0.39, 0.29) is 24.3 Å². The van der Waals surface area contributed by atoms with Gasteiger partial charge in [-0.2, -0.15) is 0 Å². The maximum absolute atomic E-state index is 11.8. The molecule has 0 aliphatic heterocycles. The van der Waals surface area contributed by atoms with E-state index in [1.807, 2.05) is 0 Å². The molecule has 2 aromatic carbocycles. The Hall–Kier alpha value is -4.56. The normalized spacial score (nSPS) is 10.2. The van der Waals surface area contributed by atoms with E-state index in [1.54, 1.807) is 24.3 Å². The fraction of sp³-hybridized carbons (Fsp3) is 0.429. The van der Waals surface area contributed by atoms with E-state index in [0.717, 1.165) is 38.5 Å². The average molecular weight is 595 g/mol. The van der Waals surface area contributed by atoms with Gasteiger partial charge in [-0.3, -0.25) is 9.78 Å². The molecular weight excluding hydrogens is 560 g/mol. The number of carbonyl (C=O) groups excluding carboxylic acids is 4. The fourth-order valence-electron chi connectivity index (χ4n) is 3.37. The largest absolute Gasteiger partial charge is 0.543 e. The van der Waals surface area contributed by atoms with Gasteiger partial charge in [-0.25, -0.2) is 29.0 Å². The lowest BCUT2D eigenvalue weighted by Crippen LogP contribution is -2.12. The Morgan fingerprint density at radius 1 is 0.524 bits per heavy atom. The highest BCUT2D eigenvalue weighted by Crippen LogP contribution is 2.15. The van der Waals surface area contributed by atoms with Crippen molar-refractivity contribution in [2.45, 2.75) is 51.4 Å². The molecule has 0 fully saturated rings. The molecule has 14 nitrogen and oxygen atoms in total. The monoisotopic (exact) mass is 594 g/mol. The molecule has 42 heavy (non-hydrogen) atoms. The van der Waals surface area contributed by atoms with Crippen LogP contribution in [0.4, 0.5) is 9.59 Å². The first-order chi connectivity index (χ1) is 20.4. The summed E-state index contributed by atoms with van der Waals surface area (Å²) in [5, 5.41) is 8.34. The smallest absolute Gasteiger partial charge is 0.497 e. The lowest BCUT2D eigenvalue weighted by Gasteiger charge is -2.06. The minimum Gasteiger partial charge on any atom is -0.497 e. The van der Waals surface area contributed by atoms with Crippen molar-refractivity contribution in [2.24, 2.45) is 0 Å². The van der Waals surface area contributed by atoms with Gasteiger partial charge in [0.2, 0.25) is 0 Å². The number of methoxy groups -OCH3 is 2. The SMILES string of the molecule is COc1cccc(C(=O)OOOC(=O)OCCCCCCCCCCOC(=O)OOOC(=O)c2cccc(OC)c2)c1. The lowest BCUT2D eigenvalue weighted by molar-refractivity contribution is -0.452. The predicted molar refractivity (Wildman–Crippen MR) is 141 cm³/mol. The summed E-state index contributed by atoms with van der Waals surface area (Å²) < 4.78 is 19.7. The van der Waals surface area contributed by atoms with E-state index < -0.39 is 24.2 Å². The molecule has 2 aromatic rings. The zero-order valence-electron chi connectivity index (χ0n) is 23.4. The van der Waals surface area contributed by atoms with Crippen LogP contribution < -0.4 is 9.47 Å². The molecule has 0 aromatic heterocycles. The van der Waals surface area contributed by atoms with Gasteiger partial charge in [0.15, 0.2) is 0 Å². The molecule has 0 atom stereocenters. The van der Waals surface area contributed by atoms with Crippen LogP contribution in [0, 0.1) is 0 Å². The van der Waals surface area contributed by atoms with Crippen LogP contribution >= 0.6 is 0 Å². The minimum absolute atomic E-state index is 0.128. The fourth-order valence-corrected chi connectivity index (χ4v) is 3.37. The summed E-state index contributed by atoms with van der Waals surface area (Å²) in [6, 6.07) is 12.3. The van der Waals surface area contributed by atoms with E-state index in [0.29, 0.717) is 24.3 Å². The second-order valence-corrected chi connectivity index (χ2v) is 8.53. The summed E-state index contributed by atoms with van der Waals surface area (Å²) in [4.78, 5) is 63.8. The van der Waals surface area contributed by atoms with Crippen LogP contribution in [0.15, 0.2) is 48.5 Å². The molecule has 0 heterocycles. The van der Waals surface area contributed by atoms with Gasteiger partial charge in [-0.15, -0.1) is 0 Å². The van der Waals surface area contributed by atoms with Crippen molar-refractivity contribution in [2.75, 3.05) is 27.4 Å². The van der Waals surface area contributed by atoms with Crippen molar-refractivity contribution in [3.63, 3.8) is 0 Å². The number of rotatable bonds is 19. The minimum atomic E-state index is -1.12. The summed E-state index contributed by atoms with van der Waals surface area (Å²) in [7, 11) is 2.91. The van der Waals surface area contributed by atoms with Crippen molar-refractivity contribution in [1.29, 1.82) is 0 Å². The summed E-state index contributed by atoms with van der Waals surface area (Å²) in [6.07, 6.45) is 4.57. The molecule has 0 aliphatic carbocycles. The third kappa shape index (κ3) is 14.2. The van der Waals surface area contributed by atoms with Crippen molar-refractivity contribution < 1.29 is 67.8 Å². The molecule has 14 heteroatoms. The molecule has 0 spiro atoms. The molecule has 0 bridgehead atoms. The topological polar surface area (TPSA) is 161 Å². The highest BCUT2D eigenvalue weighted by molar-refractivity contribution is 5.89. The third-order valence-corrected chi connectivity index (χ3v) is 5.51. The van der Waals surface area contributed by atoms with Crippen LogP contribution in [0.25, 0.3) is 0 Å². The highest BCUT2D eigenvalue weighted by atomic mass is 17.5. The first-order valence-corrected chi connectivity index (χ1v) is 13.2. The second kappa shape index (κ2) is 20.3. The Labute approximate surface area is 242 Å². The van der Waals surface area contributed by atoms with Gasteiger partial charge in [0.1, 0.15) is 11.5 Å². The zero-order chi connectivity index (χ0) is 30.4. The van der Waals surface area contributed by atoms with Crippen LogP contribution in [0.5, 0.6) is 11.5 Å². The quantitative estimate of drug-likeness (QED) is 0.0825. The molecule has 230 valence electrons.